The topological polar surface area (TPSA) is 121 Å². The lowest BCUT2D eigenvalue weighted by atomic mass is 10.1. The normalized spacial score (nSPS) is 10.6. The zero-order chi connectivity index (χ0) is 22.2. The first kappa shape index (κ1) is 21.9. The van der Waals surface area contributed by atoms with Crippen LogP contribution in [0.4, 0.5) is 5.69 Å². The number of carboxylic acids is 1. The van der Waals surface area contributed by atoms with Crippen LogP contribution in [0.25, 0.3) is 10.8 Å². The monoisotopic (exact) mass is 423 g/mol. The molecule has 3 aromatic rings. The highest BCUT2D eigenvalue weighted by molar-refractivity contribution is 6.02. The van der Waals surface area contributed by atoms with Crippen LogP contribution in [0, 0.1) is 0 Å². The van der Waals surface area contributed by atoms with Crippen LogP contribution < -0.4 is 15.4 Å². The average Bonchev–Trinajstić information content (AvgIpc) is 2.77. The van der Waals surface area contributed by atoms with Crippen molar-refractivity contribution in [1.29, 1.82) is 0 Å². The Kier molecular flexibility index (Phi) is 7.26. The molecule has 4 N–H and O–H groups in total. The van der Waals surface area contributed by atoms with E-state index >= 15 is 0 Å². The Labute approximate surface area is 179 Å². The van der Waals surface area contributed by atoms with Crippen LogP contribution in [0.1, 0.15) is 35.3 Å². The summed E-state index contributed by atoms with van der Waals surface area (Å²) in [6.07, 6.45) is 2.62. The van der Waals surface area contributed by atoms with E-state index in [2.05, 4.69) is 15.6 Å². The fraction of sp³-hybridized carbons (Fsp3) is 0.261. The minimum atomic E-state index is -0.863. The van der Waals surface area contributed by atoms with Crippen LogP contribution in [0.2, 0.25) is 0 Å². The number of aliphatic carboxylic acids is 1. The highest BCUT2D eigenvalue weighted by Crippen LogP contribution is 2.29. The van der Waals surface area contributed by atoms with Crippen LogP contribution in [0.15, 0.2) is 48.7 Å². The number of pyridine rings is 1. The fourth-order valence-corrected chi connectivity index (χ4v) is 3.12. The number of carbonyl (C=O) groups is 2. The van der Waals surface area contributed by atoms with Gasteiger partial charge in [-0.3, -0.25) is 9.59 Å². The zero-order valence-electron chi connectivity index (χ0n) is 17.2. The van der Waals surface area contributed by atoms with Crippen molar-refractivity contribution in [2.75, 3.05) is 19.0 Å². The van der Waals surface area contributed by atoms with Gasteiger partial charge in [-0.1, -0.05) is 12.1 Å². The smallest absolute Gasteiger partial charge is 0.303 e. The summed E-state index contributed by atoms with van der Waals surface area (Å²) in [7, 11) is 1.63. The number of rotatable bonds is 10. The Bertz CT molecular complexity index is 1070. The summed E-state index contributed by atoms with van der Waals surface area (Å²) in [6.45, 7) is 0.941. The van der Waals surface area contributed by atoms with Gasteiger partial charge < -0.3 is 25.6 Å². The predicted octanol–water partition coefficient (Wildman–Crippen LogP) is 3.55. The maximum absolute atomic E-state index is 12.3. The first-order chi connectivity index (χ1) is 15.0. The third-order valence-electron chi connectivity index (χ3n) is 4.84. The number of aromatic hydroxyl groups is 1. The van der Waals surface area contributed by atoms with Crippen molar-refractivity contribution < 1.29 is 24.5 Å². The second-order valence-corrected chi connectivity index (χ2v) is 7.07. The molecule has 31 heavy (non-hydrogen) atoms. The Hall–Kier alpha value is -3.81. The van der Waals surface area contributed by atoms with Gasteiger partial charge in [0.2, 0.25) is 0 Å². The van der Waals surface area contributed by atoms with Crippen molar-refractivity contribution in [2.45, 2.75) is 25.8 Å². The molecule has 1 amide bonds. The van der Waals surface area contributed by atoms with Gasteiger partial charge in [-0.2, -0.15) is 0 Å². The number of nitrogens with zero attached hydrogens (tertiary/aromatic N) is 1. The van der Waals surface area contributed by atoms with E-state index in [9.17, 15) is 14.7 Å². The van der Waals surface area contributed by atoms with E-state index in [0.29, 0.717) is 36.7 Å². The molecule has 162 valence electrons. The minimum Gasteiger partial charge on any atom is -0.505 e. The Balaban J connectivity index is 1.63. The number of methoxy groups -OCH3 is 1. The molecule has 0 aliphatic rings. The molecule has 0 aliphatic carbocycles. The molecule has 0 unspecified atom stereocenters. The summed E-state index contributed by atoms with van der Waals surface area (Å²) in [5, 5.41) is 26.4. The lowest BCUT2D eigenvalue weighted by Crippen LogP contribution is -2.25. The van der Waals surface area contributed by atoms with Gasteiger partial charge in [0, 0.05) is 42.2 Å². The molecule has 0 radical (unpaired) electrons. The standard InChI is InChI=1S/C23H25N3O5/c1-31-18-8-5-15(6-9-18)13-25-17-7-10-19-16(12-17)14-26-21(22(19)29)23(30)24-11-3-2-4-20(27)28/h5-10,12,14,25,29H,2-4,11,13H2,1H3,(H,24,30)(H,27,28). The van der Waals surface area contributed by atoms with Gasteiger partial charge in [-0.25, -0.2) is 4.98 Å². The first-order valence-electron chi connectivity index (χ1n) is 9.96. The molecule has 0 fully saturated rings. The van der Waals surface area contributed by atoms with E-state index in [0.717, 1.165) is 17.0 Å². The highest BCUT2D eigenvalue weighted by atomic mass is 16.5. The molecular weight excluding hydrogens is 398 g/mol. The Morgan fingerprint density at radius 1 is 1.10 bits per heavy atom. The third kappa shape index (κ3) is 5.85. The van der Waals surface area contributed by atoms with Crippen LogP contribution >= 0.6 is 0 Å². The summed E-state index contributed by atoms with van der Waals surface area (Å²) < 4.78 is 5.16. The molecule has 3 rings (SSSR count). The van der Waals surface area contributed by atoms with Gasteiger partial charge >= 0.3 is 5.97 Å². The summed E-state index contributed by atoms with van der Waals surface area (Å²) in [6, 6.07) is 13.2. The first-order valence-corrected chi connectivity index (χ1v) is 9.96. The van der Waals surface area contributed by atoms with Gasteiger partial charge in [0.25, 0.3) is 5.91 Å². The van der Waals surface area contributed by atoms with Crippen LogP contribution in [-0.2, 0) is 11.3 Å². The van der Waals surface area contributed by atoms with Crippen molar-refractivity contribution in [3.05, 3.63) is 59.9 Å². The Morgan fingerprint density at radius 3 is 2.58 bits per heavy atom. The molecular formula is C23H25N3O5. The summed E-state index contributed by atoms with van der Waals surface area (Å²) in [5.41, 5.74) is 1.90. The number of hydrogen-bond donors (Lipinski definition) is 4. The van der Waals surface area contributed by atoms with E-state index in [1.54, 1.807) is 19.4 Å². The van der Waals surface area contributed by atoms with Gasteiger partial charge in [-0.05, 0) is 48.7 Å². The SMILES string of the molecule is COc1ccc(CNc2ccc3c(O)c(C(=O)NCCCCC(=O)O)ncc3c2)cc1. The fourth-order valence-electron chi connectivity index (χ4n) is 3.12. The van der Waals surface area contributed by atoms with Gasteiger partial charge in [0.05, 0.1) is 7.11 Å². The molecule has 0 spiro atoms. The van der Waals surface area contributed by atoms with Crippen LogP contribution in [-0.4, -0.2) is 40.7 Å². The molecule has 0 saturated heterocycles. The summed E-state index contributed by atoms with van der Waals surface area (Å²) in [5.74, 6) is -0.729. The number of ether oxygens (including phenoxy) is 1. The number of aromatic nitrogens is 1. The lowest BCUT2D eigenvalue weighted by molar-refractivity contribution is -0.137. The number of carbonyl (C=O) groups excluding carboxylic acids is 1. The number of benzene rings is 2. The number of carboxylic acid groups (broad SMARTS) is 1. The number of hydrogen-bond acceptors (Lipinski definition) is 6. The van der Waals surface area contributed by atoms with E-state index < -0.39 is 11.9 Å². The third-order valence-corrected chi connectivity index (χ3v) is 4.84. The number of anilines is 1. The van der Waals surface area contributed by atoms with Gasteiger partial charge in [0.1, 0.15) is 5.75 Å². The molecule has 0 atom stereocenters. The molecule has 8 nitrogen and oxygen atoms in total. The number of nitrogens with one attached hydrogen (secondary N) is 2. The summed E-state index contributed by atoms with van der Waals surface area (Å²) in [4.78, 5) is 26.9. The maximum Gasteiger partial charge on any atom is 0.303 e. The van der Waals surface area contributed by atoms with Crippen molar-refractivity contribution >= 4 is 28.3 Å². The van der Waals surface area contributed by atoms with E-state index in [-0.39, 0.29) is 17.9 Å². The molecule has 0 aliphatic heterocycles. The molecule has 1 aromatic heterocycles. The van der Waals surface area contributed by atoms with Gasteiger partial charge in [-0.15, -0.1) is 0 Å². The highest BCUT2D eigenvalue weighted by Gasteiger charge is 2.15. The van der Waals surface area contributed by atoms with Gasteiger partial charge in [0.15, 0.2) is 11.4 Å². The molecule has 1 heterocycles. The predicted molar refractivity (Wildman–Crippen MR) is 118 cm³/mol. The maximum atomic E-state index is 12.3. The second kappa shape index (κ2) is 10.3. The Morgan fingerprint density at radius 2 is 1.87 bits per heavy atom. The molecule has 0 bridgehead atoms. The molecule has 2 aromatic carbocycles. The zero-order valence-corrected chi connectivity index (χ0v) is 17.2. The van der Waals surface area contributed by atoms with E-state index in [1.165, 1.54) is 0 Å². The van der Waals surface area contributed by atoms with Crippen LogP contribution in [0.5, 0.6) is 11.5 Å². The summed E-state index contributed by atoms with van der Waals surface area (Å²) >= 11 is 0. The molecule has 0 saturated carbocycles. The van der Waals surface area contributed by atoms with Crippen molar-refractivity contribution in [3.63, 3.8) is 0 Å². The van der Waals surface area contributed by atoms with Crippen molar-refractivity contribution in [2.24, 2.45) is 0 Å². The van der Waals surface area contributed by atoms with Crippen molar-refractivity contribution in [3.8, 4) is 11.5 Å². The number of fused-ring (bicyclic) bond motifs is 1. The van der Waals surface area contributed by atoms with E-state index in [4.69, 9.17) is 9.84 Å². The quantitative estimate of drug-likeness (QED) is 0.368. The number of unbranched alkanes of at least 4 members (excludes halogenated alkanes) is 1. The molecule has 8 heteroatoms. The van der Waals surface area contributed by atoms with E-state index in [1.807, 2.05) is 36.4 Å². The largest absolute Gasteiger partial charge is 0.505 e. The van der Waals surface area contributed by atoms with Crippen molar-refractivity contribution in [1.82, 2.24) is 10.3 Å². The minimum absolute atomic E-state index is 0.0512. The van der Waals surface area contributed by atoms with Crippen LogP contribution in [0.3, 0.4) is 0 Å². The number of amides is 1. The average molecular weight is 423 g/mol. The second-order valence-electron chi connectivity index (χ2n) is 7.07. The lowest BCUT2D eigenvalue weighted by Gasteiger charge is -2.11.